The standard InChI is InChI=1S/C13H12BrF2N3O2/c1-3-21-12(20)10-11(19(2)18-17-10)13(15,16)8-4-6-9(14)7-5-8/h4-7H,3H2,1-2H3. The van der Waals surface area contributed by atoms with Crippen molar-refractivity contribution in [3.8, 4) is 0 Å². The minimum Gasteiger partial charge on any atom is -0.461 e. The fourth-order valence-corrected chi connectivity index (χ4v) is 2.11. The van der Waals surface area contributed by atoms with Crippen LogP contribution in [0, 0.1) is 0 Å². The van der Waals surface area contributed by atoms with E-state index < -0.39 is 23.3 Å². The van der Waals surface area contributed by atoms with Crippen molar-refractivity contribution in [2.75, 3.05) is 6.61 Å². The molecule has 0 amide bonds. The number of halogens is 3. The molecule has 0 aliphatic rings. The lowest BCUT2D eigenvalue weighted by molar-refractivity contribution is 0.0285. The highest BCUT2D eigenvalue weighted by Gasteiger charge is 2.42. The first-order chi connectivity index (χ1) is 9.87. The van der Waals surface area contributed by atoms with E-state index in [1.807, 2.05) is 0 Å². The molecule has 21 heavy (non-hydrogen) atoms. The van der Waals surface area contributed by atoms with E-state index in [2.05, 4.69) is 26.2 Å². The van der Waals surface area contributed by atoms with Crippen molar-refractivity contribution in [2.45, 2.75) is 12.8 Å². The highest BCUT2D eigenvalue weighted by molar-refractivity contribution is 9.10. The molecule has 1 aromatic heterocycles. The first kappa shape index (κ1) is 15.6. The Morgan fingerprint density at radius 2 is 2.00 bits per heavy atom. The van der Waals surface area contributed by atoms with Crippen LogP contribution in [0.4, 0.5) is 8.78 Å². The average Bonchev–Trinajstić information content (AvgIpc) is 2.82. The second-order valence-corrected chi connectivity index (χ2v) is 5.13. The summed E-state index contributed by atoms with van der Waals surface area (Å²) in [4.78, 5) is 11.7. The zero-order valence-electron chi connectivity index (χ0n) is 11.3. The van der Waals surface area contributed by atoms with Crippen LogP contribution in [0.1, 0.15) is 28.7 Å². The smallest absolute Gasteiger partial charge is 0.361 e. The van der Waals surface area contributed by atoms with Gasteiger partial charge in [0.1, 0.15) is 5.69 Å². The number of alkyl halides is 2. The van der Waals surface area contributed by atoms with Gasteiger partial charge in [0, 0.05) is 17.1 Å². The van der Waals surface area contributed by atoms with Crippen LogP contribution in [0.5, 0.6) is 0 Å². The van der Waals surface area contributed by atoms with Crippen molar-refractivity contribution in [2.24, 2.45) is 7.05 Å². The summed E-state index contributed by atoms with van der Waals surface area (Å²) in [7, 11) is 1.30. The summed E-state index contributed by atoms with van der Waals surface area (Å²) >= 11 is 3.18. The first-order valence-electron chi connectivity index (χ1n) is 6.09. The molecule has 2 rings (SSSR count). The molecule has 2 aromatic rings. The lowest BCUT2D eigenvalue weighted by Crippen LogP contribution is -2.23. The van der Waals surface area contributed by atoms with Gasteiger partial charge in [0.15, 0.2) is 5.69 Å². The van der Waals surface area contributed by atoms with Gasteiger partial charge in [-0.2, -0.15) is 8.78 Å². The highest BCUT2D eigenvalue weighted by Crippen LogP contribution is 2.37. The molecule has 0 N–H and O–H groups in total. The van der Waals surface area contributed by atoms with Gasteiger partial charge in [-0.15, -0.1) is 5.10 Å². The Morgan fingerprint density at radius 3 is 2.57 bits per heavy atom. The third kappa shape index (κ3) is 2.94. The van der Waals surface area contributed by atoms with E-state index in [4.69, 9.17) is 4.74 Å². The third-order valence-corrected chi connectivity index (χ3v) is 3.33. The molecule has 0 fully saturated rings. The van der Waals surface area contributed by atoms with Crippen molar-refractivity contribution in [3.05, 3.63) is 45.7 Å². The second kappa shape index (κ2) is 5.88. The predicted octanol–water partition coefficient (Wildman–Crippen LogP) is 2.89. The summed E-state index contributed by atoms with van der Waals surface area (Å²) < 4.78 is 35.6. The highest BCUT2D eigenvalue weighted by atomic mass is 79.9. The Hall–Kier alpha value is -1.83. The van der Waals surface area contributed by atoms with E-state index in [1.54, 1.807) is 6.92 Å². The Balaban J connectivity index is 2.51. The lowest BCUT2D eigenvalue weighted by atomic mass is 10.0. The zero-order chi connectivity index (χ0) is 15.6. The van der Waals surface area contributed by atoms with Crippen LogP contribution in [0.3, 0.4) is 0 Å². The summed E-state index contributed by atoms with van der Waals surface area (Å²) in [6.45, 7) is 1.65. The molecule has 0 spiro atoms. The molecule has 0 bridgehead atoms. The predicted molar refractivity (Wildman–Crippen MR) is 74.1 cm³/mol. The van der Waals surface area contributed by atoms with E-state index in [-0.39, 0.29) is 12.2 Å². The Labute approximate surface area is 128 Å². The fourth-order valence-electron chi connectivity index (χ4n) is 1.84. The summed E-state index contributed by atoms with van der Waals surface area (Å²) in [5, 5.41) is 7.00. The van der Waals surface area contributed by atoms with Crippen LogP contribution in [-0.2, 0) is 17.7 Å². The van der Waals surface area contributed by atoms with E-state index in [0.717, 1.165) is 4.68 Å². The molecule has 1 aromatic carbocycles. The molecule has 5 nitrogen and oxygen atoms in total. The number of hydrogen-bond acceptors (Lipinski definition) is 4. The van der Waals surface area contributed by atoms with Gasteiger partial charge in [-0.3, -0.25) is 0 Å². The maximum Gasteiger partial charge on any atom is 0.361 e. The lowest BCUT2D eigenvalue weighted by Gasteiger charge is -2.17. The van der Waals surface area contributed by atoms with E-state index >= 15 is 0 Å². The van der Waals surface area contributed by atoms with E-state index in [9.17, 15) is 13.6 Å². The molecule has 0 saturated carbocycles. The van der Waals surface area contributed by atoms with Crippen molar-refractivity contribution < 1.29 is 18.3 Å². The zero-order valence-corrected chi connectivity index (χ0v) is 12.9. The Bertz CT molecular complexity index is 656. The molecule has 0 atom stereocenters. The molecule has 0 aliphatic heterocycles. The average molecular weight is 360 g/mol. The van der Waals surface area contributed by atoms with Crippen LogP contribution in [0.25, 0.3) is 0 Å². The Kier molecular flexibility index (Phi) is 4.36. The van der Waals surface area contributed by atoms with Gasteiger partial charge in [0.05, 0.1) is 6.61 Å². The number of carbonyl (C=O) groups excluding carboxylic acids is 1. The number of ether oxygens (including phenoxy) is 1. The molecule has 0 saturated heterocycles. The quantitative estimate of drug-likeness (QED) is 0.787. The number of carbonyl (C=O) groups is 1. The van der Waals surface area contributed by atoms with Crippen molar-refractivity contribution in [1.29, 1.82) is 0 Å². The second-order valence-electron chi connectivity index (χ2n) is 4.21. The van der Waals surface area contributed by atoms with Crippen LogP contribution >= 0.6 is 15.9 Å². The Morgan fingerprint density at radius 1 is 1.38 bits per heavy atom. The van der Waals surface area contributed by atoms with Gasteiger partial charge in [0.2, 0.25) is 0 Å². The van der Waals surface area contributed by atoms with Crippen LogP contribution in [0.2, 0.25) is 0 Å². The summed E-state index contributed by atoms with van der Waals surface area (Å²) in [6.07, 6.45) is 0. The van der Waals surface area contributed by atoms with E-state index in [0.29, 0.717) is 4.47 Å². The summed E-state index contributed by atoms with van der Waals surface area (Å²) in [5.41, 5.74) is -1.34. The van der Waals surface area contributed by atoms with Gasteiger partial charge < -0.3 is 4.74 Å². The monoisotopic (exact) mass is 359 g/mol. The fraction of sp³-hybridized carbons (Fsp3) is 0.308. The van der Waals surface area contributed by atoms with E-state index in [1.165, 1.54) is 31.3 Å². The van der Waals surface area contributed by atoms with Crippen LogP contribution < -0.4 is 0 Å². The minimum atomic E-state index is -3.42. The maximum atomic E-state index is 14.7. The molecule has 112 valence electrons. The maximum absolute atomic E-state index is 14.7. The van der Waals surface area contributed by atoms with Gasteiger partial charge in [-0.1, -0.05) is 33.3 Å². The van der Waals surface area contributed by atoms with Gasteiger partial charge >= 0.3 is 11.9 Å². The summed E-state index contributed by atoms with van der Waals surface area (Å²) in [6, 6.07) is 5.53. The number of esters is 1. The molecule has 0 aliphatic carbocycles. The number of benzene rings is 1. The van der Waals surface area contributed by atoms with Crippen molar-refractivity contribution in [1.82, 2.24) is 15.0 Å². The van der Waals surface area contributed by atoms with Gasteiger partial charge in [-0.05, 0) is 19.1 Å². The van der Waals surface area contributed by atoms with Gasteiger partial charge in [0.25, 0.3) is 0 Å². The molecule has 8 heteroatoms. The van der Waals surface area contributed by atoms with Gasteiger partial charge in [-0.25, -0.2) is 9.48 Å². The first-order valence-corrected chi connectivity index (χ1v) is 6.88. The molecule has 1 heterocycles. The number of aryl methyl sites for hydroxylation is 1. The number of rotatable bonds is 4. The number of nitrogens with zero attached hydrogens (tertiary/aromatic N) is 3. The number of aromatic nitrogens is 3. The topological polar surface area (TPSA) is 57.0 Å². The number of hydrogen-bond donors (Lipinski definition) is 0. The largest absolute Gasteiger partial charge is 0.461 e. The van der Waals surface area contributed by atoms with Crippen molar-refractivity contribution >= 4 is 21.9 Å². The van der Waals surface area contributed by atoms with Crippen LogP contribution in [-0.4, -0.2) is 27.6 Å². The SMILES string of the molecule is CCOC(=O)c1nnn(C)c1C(F)(F)c1ccc(Br)cc1. The molecule has 0 radical (unpaired) electrons. The van der Waals surface area contributed by atoms with Crippen LogP contribution in [0.15, 0.2) is 28.7 Å². The minimum absolute atomic E-state index is 0.0682. The molecule has 0 unspecified atom stereocenters. The summed E-state index contributed by atoms with van der Waals surface area (Å²) in [5.74, 6) is -4.33. The van der Waals surface area contributed by atoms with Crippen molar-refractivity contribution in [3.63, 3.8) is 0 Å². The normalized spacial score (nSPS) is 11.5. The molecular weight excluding hydrogens is 348 g/mol. The third-order valence-electron chi connectivity index (χ3n) is 2.80. The molecular formula is C13H12BrF2N3O2.